The van der Waals surface area contributed by atoms with E-state index in [1.165, 1.54) is 7.11 Å². The number of hydrogen-bond acceptors (Lipinski definition) is 7. The molecule has 10 heteroatoms. The number of allylic oxidation sites excluding steroid dienone is 1. The Balaban J connectivity index is 2.00. The first-order chi connectivity index (χ1) is 15.4. The predicted octanol–water partition coefficient (Wildman–Crippen LogP) is 4.63. The van der Waals surface area contributed by atoms with Crippen LogP contribution in [0.15, 0.2) is 41.8 Å². The van der Waals surface area contributed by atoms with E-state index in [4.69, 9.17) is 47.9 Å². The first kappa shape index (κ1) is 21.7. The molecule has 0 fully saturated rings. The summed E-state index contributed by atoms with van der Waals surface area (Å²) in [4.78, 5) is 0. The number of nitrogens with one attached hydrogen (secondary N) is 1. The smallest absolute Gasteiger partial charge is 0.244 e. The summed E-state index contributed by atoms with van der Waals surface area (Å²) in [5.74, 6) is 0.941. The molecule has 1 aliphatic heterocycles. The van der Waals surface area contributed by atoms with E-state index in [2.05, 4.69) is 16.3 Å². The molecule has 1 atom stereocenters. The Bertz CT molecular complexity index is 1280. The largest absolute Gasteiger partial charge is 0.495 e. The summed E-state index contributed by atoms with van der Waals surface area (Å²) in [6.45, 7) is 0. The van der Waals surface area contributed by atoms with Crippen LogP contribution < -0.4 is 24.7 Å². The van der Waals surface area contributed by atoms with Gasteiger partial charge in [0.25, 0.3) is 0 Å². The van der Waals surface area contributed by atoms with Crippen molar-refractivity contribution in [3.63, 3.8) is 0 Å². The molecule has 2 aromatic carbocycles. The molecule has 0 radical (unpaired) electrons. The Kier molecular flexibility index (Phi) is 5.78. The average molecular weight is 473 g/mol. The number of hydrogen-bond donors (Lipinski definition) is 2. The van der Waals surface area contributed by atoms with Crippen LogP contribution in [0.25, 0.3) is 11.3 Å². The maximum Gasteiger partial charge on any atom is 0.244 e. The average Bonchev–Trinajstić information content (AvgIpc) is 3.20. The van der Waals surface area contributed by atoms with Crippen LogP contribution in [0.2, 0.25) is 10.0 Å². The highest BCUT2D eigenvalue weighted by atomic mass is 35.5. The van der Waals surface area contributed by atoms with Crippen LogP contribution in [0.4, 0.5) is 0 Å². The van der Waals surface area contributed by atoms with Crippen LogP contribution in [0.5, 0.6) is 23.1 Å². The van der Waals surface area contributed by atoms with E-state index in [0.717, 1.165) is 5.56 Å². The molecule has 0 aliphatic carbocycles. The topological polar surface area (TPSA) is 115 Å². The number of fused-ring (bicyclic) bond motifs is 1. The Hall–Kier alpha value is -3.54. The Morgan fingerprint density at radius 2 is 1.84 bits per heavy atom. The van der Waals surface area contributed by atoms with Crippen LogP contribution in [0.3, 0.4) is 0 Å². The molecule has 4 rings (SSSR count). The summed E-state index contributed by atoms with van der Waals surface area (Å²) in [5, 5.41) is 17.9. The van der Waals surface area contributed by atoms with Gasteiger partial charge in [0.2, 0.25) is 11.8 Å². The van der Waals surface area contributed by atoms with Crippen molar-refractivity contribution >= 4 is 23.2 Å². The van der Waals surface area contributed by atoms with E-state index in [-0.39, 0.29) is 17.3 Å². The summed E-state index contributed by atoms with van der Waals surface area (Å²) >= 11 is 12.7. The van der Waals surface area contributed by atoms with Gasteiger partial charge in [0.05, 0.1) is 43.5 Å². The fourth-order valence-corrected chi connectivity index (χ4v) is 4.36. The lowest BCUT2D eigenvalue weighted by molar-refractivity contribution is 0.355. The molecule has 8 nitrogen and oxygen atoms in total. The summed E-state index contributed by atoms with van der Waals surface area (Å²) in [6.07, 6.45) is 0. The third-order valence-electron chi connectivity index (χ3n) is 5.16. The molecule has 3 N–H and O–H groups in total. The lowest BCUT2D eigenvalue weighted by atomic mass is 9.82. The maximum atomic E-state index is 9.93. The fraction of sp³-hybridized carbons (Fsp3) is 0.182. The van der Waals surface area contributed by atoms with E-state index in [1.807, 2.05) is 6.07 Å². The summed E-state index contributed by atoms with van der Waals surface area (Å²) < 4.78 is 22.0. The van der Waals surface area contributed by atoms with Gasteiger partial charge in [-0.15, -0.1) is 5.10 Å². The van der Waals surface area contributed by atoms with Gasteiger partial charge in [-0.3, -0.25) is 5.10 Å². The normalized spacial score (nSPS) is 14.9. The Labute approximate surface area is 194 Å². The van der Waals surface area contributed by atoms with Crippen molar-refractivity contribution in [3.05, 3.63) is 63.0 Å². The first-order valence-electron chi connectivity index (χ1n) is 9.34. The number of methoxy groups -OCH3 is 3. The Morgan fingerprint density at radius 1 is 1.09 bits per heavy atom. The molecule has 32 heavy (non-hydrogen) atoms. The lowest BCUT2D eigenvalue weighted by Gasteiger charge is -2.26. The van der Waals surface area contributed by atoms with Crippen molar-refractivity contribution in [2.45, 2.75) is 5.92 Å². The number of halogens is 2. The molecule has 0 saturated carbocycles. The molecule has 0 amide bonds. The van der Waals surface area contributed by atoms with Crippen LogP contribution in [0, 0.1) is 11.3 Å². The molecule has 0 unspecified atom stereocenters. The van der Waals surface area contributed by atoms with E-state index >= 15 is 0 Å². The Morgan fingerprint density at radius 3 is 2.50 bits per heavy atom. The van der Waals surface area contributed by atoms with Crippen LogP contribution >= 0.6 is 23.2 Å². The minimum absolute atomic E-state index is 0.0616. The summed E-state index contributed by atoms with van der Waals surface area (Å²) in [6, 6.07) is 10.8. The van der Waals surface area contributed by atoms with Gasteiger partial charge in [0.15, 0.2) is 11.5 Å². The predicted molar refractivity (Wildman–Crippen MR) is 119 cm³/mol. The second-order valence-electron chi connectivity index (χ2n) is 6.82. The molecule has 0 spiro atoms. The molecule has 0 saturated heterocycles. The summed E-state index contributed by atoms with van der Waals surface area (Å²) in [5.41, 5.74) is 8.72. The minimum atomic E-state index is -0.697. The number of nitriles is 1. The molecule has 0 bridgehead atoms. The van der Waals surface area contributed by atoms with Crippen LogP contribution in [0.1, 0.15) is 17.0 Å². The molecule has 1 aliphatic rings. The zero-order valence-electron chi connectivity index (χ0n) is 17.3. The number of rotatable bonds is 5. The van der Waals surface area contributed by atoms with Gasteiger partial charge in [0.1, 0.15) is 17.4 Å². The van der Waals surface area contributed by atoms with Crippen LogP contribution in [-0.2, 0) is 0 Å². The van der Waals surface area contributed by atoms with Crippen molar-refractivity contribution in [2.75, 3.05) is 21.3 Å². The van der Waals surface area contributed by atoms with Gasteiger partial charge in [-0.1, -0.05) is 23.2 Å². The third-order valence-corrected chi connectivity index (χ3v) is 5.66. The number of ether oxygens (including phenoxy) is 4. The molecular formula is C22H18Cl2N4O4. The number of H-pyrrole nitrogens is 1. The van der Waals surface area contributed by atoms with Gasteiger partial charge < -0.3 is 24.7 Å². The number of nitrogens with two attached hydrogens (primary N) is 1. The molecule has 3 aromatic rings. The van der Waals surface area contributed by atoms with Gasteiger partial charge in [0, 0.05) is 16.1 Å². The SMILES string of the molecule is COc1ccc(-c2[nH]nc3c2[C@@H](c2cc(Cl)cc(Cl)c2OC)C(C#N)=C(N)O3)cc1OC. The van der Waals surface area contributed by atoms with Crippen molar-refractivity contribution in [1.29, 1.82) is 5.26 Å². The van der Waals surface area contributed by atoms with E-state index < -0.39 is 5.92 Å². The molecule has 2 heterocycles. The number of aromatic amines is 1. The molecule has 1 aromatic heterocycles. The number of nitrogens with zero attached hydrogens (tertiary/aromatic N) is 2. The highest BCUT2D eigenvalue weighted by Crippen LogP contribution is 2.50. The monoisotopic (exact) mass is 472 g/mol. The van der Waals surface area contributed by atoms with Gasteiger partial charge in [-0.2, -0.15) is 5.26 Å². The second kappa shape index (κ2) is 8.54. The minimum Gasteiger partial charge on any atom is -0.495 e. The van der Waals surface area contributed by atoms with E-state index in [0.29, 0.717) is 44.1 Å². The van der Waals surface area contributed by atoms with Crippen LogP contribution in [-0.4, -0.2) is 31.5 Å². The van der Waals surface area contributed by atoms with Crippen molar-refractivity contribution in [2.24, 2.45) is 5.73 Å². The van der Waals surface area contributed by atoms with Gasteiger partial charge in [-0.05, 0) is 30.3 Å². The zero-order valence-corrected chi connectivity index (χ0v) is 18.8. The van der Waals surface area contributed by atoms with Gasteiger partial charge >= 0.3 is 0 Å². The quantitative estimate of drug-likeness (QED) is 0.555. The first-order valence-corrected chi connectivity index (χ1v) is 10.1. The number of benzene rings is 2. The zero-order chi connectivity index (χ0) is 23.0. The highest BCUT2D eigenvalue weighted by Gasteiger charge is 2.38. The second-order valence-corrected chi connectivity index (χ2v) is 7.67. The maximum absolute atomic E-state index is 9.93. The van der Waals surface area contributed by atoms with Crippen molar-refractivity contribution < 1.29 is 18.9 Å². The third kappa shape index (κ3) is 3.45. The van der Waals surface area contributed by atoms with Crippen molar-refractivity contribution in [3.8, 4) is 40.5 Å². The van der Waals surface area contributed by atoms with Crippen molar-refractivity contribution in [1.82, 2.24) is 10.2 Å². The highest BCUT2D eigenvalue weighted by molar-refractivity contribution is 6.35. The fourth-order valence-electron chi connectivity index (χ4n) is 3.78. The van der Waals surface area contributed by atoms with E-state index in [1.54, 1.807) is 38.5 Å². The van der Waals surface area contributed by atoms with Gasteiger partial charge in [-0.25, -0.2) is 0 Å². The molecular weight excluding hydrogens is 455 g/mol. The number of aromatic nitrogens is 2. The standard InChI is InChI=1S/C22H18Cl2N4O4/c1-29-15-5-4-10(6-16(15)30-2)19-18-17(12-7-11(23)8-14(24)20(12)31-3)13(9-25)21(26)32-22(18)28-27-19/h4-8,17H,26H2,1-3H3,(H,27,28)/t17-/m0/s1. The van der Waals surface area contributed by atoms with E-state index in [9.17, 15) is 5.26 Å². The lowest BCUT2D eigenvalue weighted by Crippen LogP contribution is -2.21. The molecule has 164 valence electrons. The summed E-state index contributed by atoms with van der Waals surface area (Å²) in [7, 11) is 4.59.